The fourth-order valence-corrected chi connectivity index (χ4v) is 1.28. The molecular formula is C13H29NO3. The van der Waals surface area contributed by atoms with Crippen LogP contribution in [-0.4, -0.2) is 52.7 Å². The summed E-state index contributed by atoms with van der Waals surface area (Å²) in [5.41, 5.74) is -0.0677. The Labute approximate surface area is 106 Å². The molecule has 0 aromatic rings. The number of ether oxygens (including phenoxy) is 3. The molecule has 1 N–H and O–H groups in total. The third kappa shape index (κ3) is 12.1. The van der Waals surface area contributed by atoms with Crippen molar-refractivity contribution >= 4 is 0 Å². The van der Waals surface area contributed by atoms with Crippen LogP contribution in [0, 0.1) is 0 Å². The van der Waals surface area contributed by atoms with Crippen LogP contribution in [0.4, 0.5) is 0 Å². The van der Waals surface area contributed by atoms with E-state index in [0.717, 1.165) is 52.2 Å². The monoisotopic (exact) mass is 247 g/mol. The van der Waals surface area contributed by atoms with Gasteiger partial charge in [-0.15, -0.1) is 0 Å². The van der Waals surface area contributed by atoms with Gasteiger partial charge in [-0.3, -0.25) is 0 Å². The van der Waals surface area contributed by atoms with Crippen molar-refractivity contribution in [3.05, 3.63) is 0 Å². The molecule has 0 saturated carbocycles. The molecule has 0 heterocycles. The van der Waals surface area contributed by atoms with Crippen molar-refractivity contribution in [3.63, 3.8) is 0 Å². The summed E-state index contributed by atoms with van der Waals surface area (Å²) in [5, 5.41) is 3.31. The molecule has 0 rings (SSSR count). The summed E-state index contributed by atoms with van der Waals surface area (Å²) in [6.07, 6.45) is 3.19. The van der Waals surface area contributed by atoms with Crippen LogP contribution in [0.2, 0.25) is 0 Å². The number of hydrogen-bond donors (Lipinski definition) is 1. The van der Waals surface area contributed by atoms with Gasteiger partial charge in [-0.1, -0.05) is 0 Å². The molecular weight excluding hydrogens is 218 g/mol. The highest BCUT2D eigenvalue weighted by molar-refractivity contribution is 4.66. The van der Waals surface area contributed by atoms with Crippen molar-refractivity contribution in [2.45, 2.75) is 38.7 Å². The van der Waals surface area contributed by atoms with E-state index in [9.17, 15) is 0 Å². The van der Waals surface area contributed by atoms with Gasteiger partial charge in [0.15, 0.2) is 0 Å². The lowest BCUT2D eigenvalue weighted by Gasteiger charge is -2.22. The first-order chi connectivity index (χ1) is 8.12. The minimum absolute atomic E-state index is 0.0677. The Morgan fingerprint density at radius 1 is 0.941 bits per heavy atom. The Hall–Kier alpha value is -0.160. The lowest BCUT2D eigenvalue weighted by Crippen LogP contribution is -2.24. The molecule has 0 amide bonds. The van der Waals surface area contributed by atoms with Crippen LogP contribution in [0.3, 0.4) is 0 Å². The maximum atomic E-state index is 5.57. The van der Waals surface area contributed by atoms with E-state index in [1.54, 1.807) is 14.2 Å². The number of hydrogen-bond acceptors (Lipinski definition) is 4. The molecule has 0 aliphatic carbocycles. The number of nitrogens with one attached hydrogen (secondary N) is 1. The van der Waals surface area contributed by atoms with Crippen LogP contribution in [-0.2, 0) is 14.2 Å². The van der Waals surface area contributed by atoms with Gasteiger partial charge < -0.3 is 19.5 Å². The fraction of sp³-hybridized carbons (Fsp3) is 1.00. The Balaban J connectivity index is 3.09. The van der Waals surface area contributed by atoms with Gasteiger partial charge in [-0.25, -0.2) is 0 Å². The summed E-state index contributed by atoms with van der Waals surface area (Å²) in [5.74, 6) is 0. The van der Waals surface area contributed by atoms with E-state index in [1.807, 2.05) is 0 Å². The highest BCUT2D eigenvalue weighted by Crippen LogP contribution is 2.12. The van der Waals surface area contributed by atoms with Crippen molar-refractivity contribution < 1.29 is 14.2 Å². The first kappa shape index (κ1) is 16.8. The SMILES string of the molecule is COCCNCCCCOCCC(C)(C)OC. The summed E-state index contributed by atoms with van der Waals surface area (Å²) < 4.78 is 15.8. The third-order valence-corrected chi connectivity index (χ3v) is 2.78. The molecule has 0 bridgehead atoms. The minimum Gasteiger partial charge on any atom is -0.383 e. The van der Waals surface area contributed by atoms with E-state index >= 15 is 0 Å². The minimum atomic E-state index is -0.0677. The van der Waals surface area contributed by atoms with Gasteiger partial charge in [0.1, 0.15) is 0 Å². The van der Waals surface area contributed by atoms with Gasteiger partial charge in [0.05, 0.1) is 12.2 Å². The van der Waals surface area contributed by atoms with Crippen molar-refractivity contribution in [1.82, 2.24) is 5.32 Å². The Kier molecular flexibility index (Phi) is 10.9. The van der Waals surface area contributed by atoms with Crippen LogP contribution in [0.1, 0.15) is 33.1 Å². The normalized spacial score (nSPS) is 12.0. The van der Waals surface area contributed by atoms with E-state index in [-0.39, 0.29) is 5.60 Å². The smallest absolute Gasteiger partial charge is 0.0644 e. The molecule has 4 heteroatoms. The summed E-state index contributed by atoms with van der Waals surface area (Å²) in [7, 11) is 3.46. The standard InChI is InChI=1S/C13H29NO3/c1-13(2,16-4)7-11-17-10-6-5-8-14-9-12-15-3/h14H,5-12H2,1-4H3. The zero-order valence-corrected chi connectivity index (χ0v) is 11.9. The molecule has 17 heavy (non-hydrogen) atoms. The maximum Gasteiger partial charge on any atom is 0.0644 e. The van der Waals surface area contributed by atoms with E-state index in [0.29, 0.717) is 0 Å². The second kappa shape index (κ2) is 11.0. The first-order valence-electron chi connectivity index (χ1n) is 6.45. The average molecular weight is 247 g/mol. The summed E-state index contributed by atoms with van der Waals surface area (Å²) in [6.45, 7) is 8.52. The second-order valence-electron chi connectivity index (χ2n) is 4.78. The number of unbranched alkanes of at least 4 members (excludes halogenated alkanes) is 1. The average Bonchev–Trinajstić information content (AvgIpc) is 2.31. The van der Waals surface area contributed by atoms with Crippen LogP contribution in [0.25, 0.3) is 0 Å². The summed E-state index contributed by atoms with van der Waals surface area (Å²) in [6, 6.07) is 0. The van der Waals surface area contributed by atoms with Crippen molar-refractivity contribution in [3.8, 4) is 0 Å². The van der Waals surface area contributed by atoms with E-state index in [4.69, 9.17) is 14.2 Å². The molecule has 0 spiro atoms. The highest BCUT2D eigenvalue weighted by atomic mass is 16.5. The van der Waals surface area contributed by atoms with Crippen molar-refractivity contribution in [1.29, 1.82) is 0 Å². The van der Waals surface area contributed by atoms with Crippen LogP contribution >= 0.6 is 0 Å². The molecule has 0 aromatic heterocycles. The molecule has 0 aliphatic rings. The third-order valence-electron chi connectivity index (χ3n) is 2.78. The molecule has 0 aliphatic heterocycles. The second-order valence-corrected chi connectivity index (χ2v) is 4.78. The predicted octanol–water partition coefficient (Wildman–Crippen LogP) is 1.83. The molecule has 0 unspecified atom stereocenters. The van der Waals surface area contributed by atoms with E-state index in [1.165, 1.54) is 0 Å². The highest BCUT2D eigenvalue weighted by Gasteiger charge is 2.15. The maximum absolute atomic E-state index is 5.57. The van der Waals surface area contributed by atoms with Gasteiger partial charge in [-0.05, 0) is 39.7 Å². The zero-order chi connectivity index (χ0) is 13.0. The molecule has 0 aromatic carbocycles. The molecule has 0 saturated heterocycles. The van der Waals surface area contributed by atoms with Gasteiger partial charge in [-0.2, -0.15) is 0 Å². The fourth-order valence-electron chi connectivity index (χ4n) is 1.28. The van der Waals surface area contributed by atoms with Crippen molar-refractivity contribution in [2.75, 3.05) is 47.1 Å². The van der Waals surface area contributed by atoms with Crippen LogP contribution in [0.15, 0.2) is 0 Å². The molecule has 0 fully saturated rings. The summed E-state index contributed by atoms with van der Waals surface area (Å²) in [4.78, 5) is 0. The Morgan fingerprint density at radius 2 is 1.71 bits per heavy atom. The number of methoxy groups -OCH3 is 2. The predicted molar refractivity (Wildman–Crippen MR) is 70.5 cm³/mol. The molecule has 4 nitrogen and oxygen atoms in total. The molecule has 104 valence electrons. The van der Waals surface area contributed by atoms with Crippen LogP contribution < -0.4 is 5.32 Å². The van der Waals surface area contributed by atoms with Gasteiger partial charge >= 0.3 is 0 Å². The number of rotatable bonds is 12. The molecule has 0 atom stereocenters. The van der Waals surface area contributed by atoms with Gasteiger partial charge in [0, 0.05) is 34.0 Å². The van der Waals surface area contributed by atoms with Crippen LogP contribution in [0.5, 0.6) is 0 Å². The Bertz CT molecular complexity index is 163. The van der Waals surface area contributed by atoms with Crippen molar-refractivity contribution in [2.24, 2.45) is 0 Å². The first-order valence-corrected chi connectivity index (χ1v) is 6.45. The topological polar surface area (TPSA) is 39.7 Å². The van der Waals surface area contributed by atoms with Gasteiger partial charge in [0.25, 0.3) is 0 Å². The molecule has 0 radical (unpaired) electrons. The zero-order valence-electron chi connectivity index (χ0n) is 11.9. The lowest BCUT2D eigenvalue weighted by molar-refractivity contribution is -0.0101. The lowest BCUT2D eigenvalue weighted by atomic mass is 10.1. The van der Waals surface area contributed by atoms with E-state index in [2.05, 4.69) is 19.2 Å². The van der Waals surface area contributed by atoms with Gasteiger partial charge in [0.2, 0.25) is 0 Å². The largest absolute Gasteiger partial charge is 0.383 e. The van der Waals surface area contributed by atoms with E-state index < -0.39 is 0 Å². The quantitative estimate of drug-likeness (QED) is 0.534. The Morgan fingerprint density at radius 3 is 2.35 bits per heavy atom. The summed E-state index contributed by atoms with van der Waals surface area (Å²) >= 11 is 0.